The van der Waals surface area contributed by atoms with Gasteiger partial charge < -0.3 is 15.8 Å². The summed E-state index contributed by atoms with van der Waals surface area (Å²) in [4.78, 5) is 35.0. The Morgan fingerprint density at radius 2 is 2.12 bits per heavy atom. The number of nitrogen functional groups attached to an aromatic ring is 1. The van der Waals surface area contributed by atoms with Crippen LogP contribution < -0.4 is 11.3 Å². The number of carboxylic acids is 1. The van der Waals surface area contributed by atoms with Gasteiger partial charge in [-0.1, -0.05) is 0 Å². The van der Waals surface area contributed by atoms with E-state index in [4.69, 9.17) is 10.8 Å². The quantitative estimate of drug-likeness (QED) is 0.501. The van der Waals surface area contributed by atoms with Crippen LogP contribution in [0.5, 0.6) is 0 Å². The number of hydrogen-bond donors (Lipinski definition) is 3. The molecule has 0 aromatic carbocycles. The summed E-state index contributed by atoms with van der Waals surface area (Å²) in [6, 6.07) is 0. The fraction of sp³-hybridized carbons (Fsp3) is 0. The van der Waals surface area contributed by atoms with Gasteiger partial charge in [-0.2, -0.15) is 4.98 Å². The van der Waals surface area contributed by atoms with E-state index in [2.05, 4.69) is 19.9 Å². The SMILES string of the molecule is Nc1nc(=O)c2nc(C(=O)O)cnc2[nH]1.[CaH2]. The maximum absolute atomic E-state index is 11.3. The average Bonchev–Trinajstić information content (AvgIpc) is 2.16. The van der Waals surface area contributed by atoms with E-state index in [1.165, 1.54) is 0 Å². The second-order valence-electron chi connectivity index (χ2n) is 2.68. The first-order valence-corrected chi connectivity index (χ1v) is 3.84. The van der Waals surface area contributed by atoms with Gasteiger partial charge in [-0.15, -0.1) is 0 Å². The second kappa shape index (κ2) is 4.72. The van der Waals surface area contributed by atoms with E-state index in [1.807, 2.05) is 0 Å². The molecule has 0 fully saturated rings. The van der Waals surface area contributed by atoms with Crippen molar-refractivity contribution in [2.45, 2.75) is 0 Å². The summed E-state index contributed by atoms with van der Waals surface area (Å²) in [5, 5.41) is 8.63. The van der Waals surface area contributed by atoms with Crippen molar-refractivity contribution in [2.24, 2.45) is 0 Å². The van der Waals surface area contributed by atoms with Crippen molar-refractivity contribution in [3.63, 3.8) is 0 Å². The number of hydrogen-bond acceptors (Lipinski definition) is 6. The van der Waals surface area contributed by atoms with E-state index in [9.17, 15) is 9.59 Å². The predicted octanol–water partition coefficient (Wildman–Crippen LogP) is -1.92. The van der Waals surface area contributed by atoms with Crippen LogP contribution in [-0.4, -0.2) is 68.7 Å². The van der Waals surface area contributed by atoms with Crippen molar-refractivity contribution in [2.75, 3.05) is 5.73 Å². The molecule has 16 heavy (non-hydrogen) atoms. The molecule has 0 aliphatic carbocycles. The molecule has 0 saturated carbocycles. The Labute approximate surface area is 118 Å². The summed E-state index contributed by atoms with van der Waals surface area (Å²) in [7, 11) is 0. The van der Waals surface area contributed by atoms with Gasteiger partial charge in [-0.25, -0.2) is 14.8 Å². The van der Waals surface area contributed by atoms with Gasteiger partial charge in [0, 0.05) is 0 Å². The zero-order valence-electron chi connectivity index (χ0n) is 7.26. The first-order chi connectivity index (χ1) is 7.08. The Morgan fingerprint density at radius 1 is 1.44 bits per heavy atom. The van der Waals surface area contributed by atoms with Crippen LogP contribution in [0.1, 0.15) is 10.5 Å². The molecule has 0 aliphatic rings. The zero-order chi connectivity index (χ0) is 11.0. The molecule has 0 unspecified atom stereocenters. The minimum absolute atomic E-state index is 0. The van der Waals surface area contributed by atoms with Crippen LogP contribution in [0.25, 0.3) is 11.2 Å². The van der Waals surface area contributed by atoms with Gasteiger partial charge in [0.25, 0.3) is 0 Å². The summed E-state index contributed by atoms with van der Waals surface area (Å²) in [5.41, 5.74) is 4.20. The minimum atomic E-state index is -1.26. The van der Waals surface area contributed by atoms with Crippen molar-refractivity contribution in [1.82, 2.24) is 19.9 Å². The number of aromatic carboxylic acids is 1. The van der Waals surface area contributed by atoms with E-state index in [1.54, 1.807) is 0 Å². The van der Waals surface area contributed by atoms with Crippen molar-refractivity contribution in [1.29, 1.82) is 0 Å². The molecule has 9 heteroatoms. The molecular weight excluding hydrogens is 242 g/mol. The monoisotopic (exact) mass is 249 g/mol. The molecule has 0 radical (unpaired) electrons. The molecule has 8 nitrogen and oxygen atoms in total. The Hall–Kier alpha value is -1.25. The summed E-state index contributed by atoms with van der Waals surface area (Å²) in [6.45, 7) is 0. The number of fused-ring (bicyclic) bond motifs is 1. The number of aromatic amines is 1. The maximum atomic E-state index is 11.3. The van der Waals surface area contributed by atoms with Gasteiger partial charge in [0.1, 0.15) is 0 Å². The topological polar surface area (TPSA) is 135 Å². The van der Waals surface area contributed by atoms with Crippen LogP contribution in [0.4, 0.5) is 5.95 Å². The summed E-state index contributed by atoms with van der Waals surface area (Å²) in [5.74, 6) is -1.36. The molecule has 2 rings (SSSR count). The molecule has 2 aromatic rings. The van der Waals surface area contributed by atoms with Gasteiger partial charge in [-0.3, -0.25) is 4.79 Å². The molecular formula is C7H7CaN5O3. The third-order valence-electron chi connectivity index (χ3n) is 1.66. The Balaban J connectivity index is 0.00000128. The van der Waals surface area contributed by atoms with E-state index in [0.29, 0.717) is 0 Å². The number of H-pyrrole nitrogens is 1. The summed E-state index contributed by atoms with van der Waals surface area (Å²) in [6.07, 6.45) is 1.03. The molecule has 0 spiro atoms. The number of carbonyl (C=O) groups is 1. The van der Waals surface area contributed by atoms with Crippen molar-refractivity contribution >= 4 is 60.8 Å². The van der Waals surface area contributed by atoms with Gasteiger partial charge in [-0.05, 0) is 0 Å². The number of nitrogens with zero attached hydrogens (tertiary/aromatic N) is 3. The first kappa shape index (κ1) is 12.8. The Bertz CT molecular complexity index is 610. The molecule has 80 valence electrons. The van der Waals surface area contributed by atoms with Crippen LogP contribution in [-0.2, 0) is 0 Å². The van der Waals surface area contributed by atoms with Crippen LogP contribution in [0.3, 0.4) is 0 Å². The fourth-order valence-electron chi connectivity index (χ4n) is 1.04. The van der Waals surface area contributed by atoms with E-state index in [-0.39, 0.29) is 60.5 Å². The van der Waals surface area contributed by atoms with Crippen LogP contribution >= 0.6 is 0 Å². The number of carboxylic acid groups (broad SMARTS) is 1. The van der Waals surface area contributed by atoms with Gasteiger partial charge in [0.05, 0.1) is 6.20 Å². The first-order valence-electron chi connectivity index (χ1n) is 3.84. The average molecular weight is 249 g/mol. The van der Waals surface area contributed by atoms with E-state index < -0.39 is 11.5 Å². The standard InChI is InChI=1S/C7H5N5O3.Ca.2H/c8-7-11-4-3(5(13)12-7)10-2(1-9-4)6(14)15;;;/h1H,(H,14,15)(H3,8,9,11,12,13);;;. The van der Waals surface area contributed by atoms with E-state index >= 15 is 0 Å². The van der Waals surface area contributed by atoms with Crippen LogP contribution in [0.15, 0.2) is 11.0 Å². The fourth-order valence-corrected chi connectivity index (χ4v) is 1.04. The Kier molecular flexibility index (Phi) is 3.79. The molecule has 0 aliphatic heterocycles. The molecule has 0 bridgehead atoms. The second-order valence-corrected chi connectivity index (χ2v) is 2.68. The number of anilines is 1. The molecule has 2 heterocycles. The molecule has 0 atom stereocenters. The number of nitrogens with one attached hydrogen (secondary N) is 1. The van der Waals surface area contributed by atoms with Crippen molar-refractivity contribution in [3.05, 3.63) is 22.2 Å². The number of aromatic nitrogens is 4. The normalized spacial score (nSPS) is 9.75. The zero-order valence-corrected chi connectivity index (χ0v) is 7.26. The van der Waals surface area contributed by atoms with Crippen molar-refractivity contribution < 1.29 is 9.90 Å². The van der Waals surface area contributed by atoms with Crippen LogP contribution in [0.2, 0.25) is 0 Å². The van der Waals surface area contributed by atoms with Crippen molar-refractivity contribution in [3.8, 4) is 0 Å². The van der Waals surface area contributed by atoms with Gasteiger partial charge in [0.15, 0.2) is 16.9 Å². The van der Waals surface area contributed by atoms with Gasteiger partial charge in [0.2, 0.25) is 5.95 Å². The molecule has 2 aromatic heterocycles. The predicted molar refractivity (Wildman–Crippen MR) is 57.9 cm³/mol. The van der Waals surface area contributed by atoms with E-state index in [0.717, 1.165) is 6.20 Å². The molecule has 0 saturated heterocycles. The third-order valence-corrected chi connectivity index (χ3v) is 1.66. The Morgan fingerprint density at radius 3 is 2.75 bits per heavy atom. The number of rotatable bonds is 1. The summed E-state index contributed by atoms with van der Waals surface area (Å²) >= 11 is 0. The molecule has 4 N–H and O–H groups in total. The molecule has 0 amide bonds. The van der Waals surface area contributed by atoms with Gasteiger partial charge >= 0.3 is 49.3 Å². The van der Waals surface area contributed by atoms with Crippen LogP contribution in [0, 0.1) is 0 Å². The number of nitrogens with two attached hydrogens (primary N) is 1. The summed E-state index contributed by atoms with van der Waals surface area (Å²) < 4.78 is 0. The third kappa shape index (κ3) is 2.29.